The zero-order chi connectivity index (χ0) is 23.5. The van der Waals surface area contributed by atoms with Gasteiger partial charge in [-0.2, -0.15) is 5.26 Å². The molecule has 0 bridgehead atoms. The van der Waals surface area contributed by atoms with Crippen molar-refractivity contribution < 1.29 is 18.3 Å². The van der Waals surface area contributed by atoms with Crippen LogP contribution in [-0.4, -0.2) is 19.5 Å². The van der Waals surface area contributed by atoms with E-state index in [2.05, 4.69) is 0 Å². The van der Waals surface area contributed by atoms with Crippen LogP contribution in [0.5, 0.6) is 0 Å². The molecule has 0 radical (unpaired) electrons. The van der Waals surface area contributed by atoms with Crippen LogP contribution in [0, 0.1) is 11.3 Å². The van der Waals surface area contributed by atoms with E-state index in [0.29, 0.717) is 15.6 Å². The molecule has 3 rings (SSSR count). The minimum absolute atomic E-state index is 0.00636. The van der Waals surface area contributed by atoms with Crippen molar-refractivity contribution in [1.82, 2.24) is 0 Å². The fourth-order valence-electron chi connectivity index (χ4n) is 3.03. The first-order valence-electron chi connectivity index (χ1n) is 9.07. The molecule has 0 spiro atoms. The van der Waals surface area contributed by atoms with E-state index < -0.39 is 16.0 Å². The van der Waals surface area contributed by atoms with Crippen molar-refractivity contribution in [3.8, 4) is 6.07 Å². The number of halogens is 3. The Morgan fingerprint density at radius 1 is 1.06 bits per heavy atom. The number of aromatic carboxylic acids is 1. The molecule has 0 heterocycles. The van der Waals surface area contributed by atoms with E-state index in [0.717, 1.165) is 4.31 Å². The Labute approximate surface area is 209 Å². The first-order chi connectivity index (χ1) is 15.2. The van der Waals surface area contributed by atoms with Crippen molar-refractivity contribution in [3.05, 3.63) is 93.0 Å². The van der Waals surface area contributed by atoms with E-state index in [1.165, 1.54) is 36.4 Å². The Bertz CT molecular complexity index is 1320. The number of alkyl halides is 1. The molecule has 0 atom stereocenters. The molecular weight excluding hydrogens is 586 g/mol. The van der Waals surface area contributed by atoms with Gasteiger partial charge in [-0.25, -0.2) is 13.2 Å². The van der Waals surface area contributed by atoms with Crippen LogP contribution in [0.2, 0.25) is 10.0 Å². The highest BCUT2D eigenvalue weighted by molar-refractivity contribution is 14.1. The van der Waals surface area contributed by atoms with Gasteiger partial charge in [0.2, 0.25) is 0 Å². The van der Waals surface area contributed by atoms with E-state index in [-0.39, 0.29) is 38.3 Å². The number of anilines is 1. The maximum Gasteiger partial charge on any atom is 0.336 e. The Balaban J connectivity index is 2.24. The number of hydrogen-bond donors (Lipinski definition) is 1. The van der Waals surface area contributed by atoms with Crippen LogP contribution in [0.4, 0.5) is 5.69 Å². The van der Waals surface area contributed by atoms with E-state index >= 15 is 0 Å². The highest BCUT2D eigenvalue weighted by Crippen LogP contribution is 2.33. The molecule has 10 heteroatoms. The lowest BCUT2D eigenvalue weighted by Crippen LogP contribution is -2.31. The summed E-state index contributed by atoms with van der Waals surface area (Å²) in [5, 5.41) is 19.3. The van der Waals surface area contributed by atoms with Crippen molar-refractivity contribution in [2.24, 2.45) is 0 Å². The van der Waals surface area contributed by atoms with E-state index in [9.17, 15) is 23.6 Å². The average Bonchev–Trinajstić information content (AvgIpc) is 2.78. The Morgan fingerprint density at radius 3 is 2.31 bits per heavy atom. The maximum absolute atomic E-state index is 13.6. The Kier molecular flexibility index (Phi) is 7.67. The minimum Gasteiger partial charge on any atom is -0.478 e. The second-order valence-electron chi connectivity index (χ2n) is 6.63. The number of benzene rings is 3. The highest BCUT2D eigenvalue weighted by Gasteiger charge is 2.28. The number of nitriles is 1. The van der Waals surface area contributed by atoms with Crippen molar-refractivity contribution in [3.63, 3.8) is 0 Å². The number of rotatable bonds is 7. The van der Waals surface area contributed by atoms with Crippen molar-refractivity contribution in [2.45, 2.75) is 15.9 Å². The van der Waals surface area contributed by atoms with E-state index in [1.807, 2.05) is 28.7 Å². The fourth-order valence-corrected chi connectivity index (χ4v) is 5.68. The van der Waals surface area contributed by atoms with Gasteiger partial charge in [-0.15, -0.1) is 0 Å². The number of sulfonamides is 1. The summed E-state index contributed by atoms with van der Waals surface area (Å²) in [6, 6.07) is 16.8. The van der Waals surface area contributed by atoms with Gasteiger partial charge in [-0.05, 0) is 48.0 Å². The van der Waals surface area contributed by atoms with Crippen molar-refractivity contribution in [2.75, 3.05) is 4.31 Å². The maximum atomic E-state index is 13.6. The number of carboxylic acid groups (broad SMARTS) is 1. The summed E-state index contributed by atoms with van der Waals surface area (Å²) in [4.78, 5) is 11.7. The van der Waals surface area contributed by atoms with Gasteiger partial charge < -0.3 is 5.11 Å². The van der Waals surface area contributed by atoms with Gasteiger partial charge in [0.05, 0.1) is 34.3 Å². The molecule has 164 valence electrons. The molecule has 1 N–H and O–H groups in total. The third-order valence-corrected chi connectivity index (χ3v) is 7.97. The topological polar surface area (TPSA) is 98.5 Å². The molecule has 6 nitrogen and oxygen atoms in total. The number of carboxylic acids is 1. The zero-order valence-corrected chi connectivity index (χ0v) is 20.8. The molecule has 3 aromatic carbocycles. The molecular formula is C22H15Cl2IN2O4S. The van der Waals surface area contributed by atoms with Gasteiger partial charge in [-0.3, -0.25) is 4.31 Å². The van der Waals surface area contributed by atoms with Gasteiger partial charge in [0, 0.05) is 20.0 Å². The van der Waals surface area contributed by atoms with Crippen molar-refractivity contribution in [1.29, 1.82) is 5.26 Å². The molecule has 0 saturated carbocycles. The van der Waals surface area contributed by atoms with Gasteiger partial charge in [-0.1, -0.05) is 64.0 Å². The third kappa shape index (κ3) is 5.02. The lowest BCUT2D eigenvalue weighted by Gasteiger charge is -2.26. The molecule has 0 aromatic heterocycles. The van der Waals surface area contributed by atoms with Crippen LogP contribution in [0.1, 0.15) is 27.0 Å². The standard InChI is InChI=1S/C22H15Cl2IN2O4S/c23-20-5-2-6-21(24)19(20)13-27(16-8-7-15(11-25)18(10-16)22(28)29)32(30,31)17-4-1-3-14(9-17)12-26/h1-10H,11,13H2,(H,28,29). The molecule has 0 saturated heterocycles. The van der Waals surface area contributed by atoms with Gasteiger partial charge in [0.25, 0.3) is 10.0 Å². The van der Waals surface area contributed by atoms with E-state index in [4.69, 9.17) is 23.2 Å². The number of nitrogens with zero attached hydrogens (tertiary/aromatic N) is 2. The predicted molar refractivity (Wildman–Crippen MR) is 132 cm³/mol. The van der Waals surface area contributed by atoms with Gasteiger partial charge in [0.15, 0.2) is 0 Å². The second kappa shape index (κ2) is 10.1. The molecule has 32 heavy (non-hydrogen) atoms. The summed E-state index contributed by atoms with van der Waals surface area (Å²) >= 11 is 14.6. The molecule has 0 amide bonds. The second-order valence-corrected chi connectivity index (χ2v) is 10.1. The average molecular weight is 601 g/mol. The summed E-state index contributed by atoms with van der Waals surface area (Å²) in [5.74, 6) is -1.17. The SMILES string of the molecule is N#Cc1cccc(S(=O)(=O)N(Cc2c(Cl)cccc2Cl)c2ccc(CI)c(C(=O)O)c2)c1. The zero-order valence-electron chi connectivity index (χ0n) is 16.3. The fraction of sp³-hybridized carbons (Fsp3) is 0.0909. The van der Waals surface area contributed by atoms with Crippen molar-refractivity contribution >= 4 is 67.5 Å². The van der Waals surface area contributed by atoms with Crippen LogP contribution in [0.25, 0.3) is 0 Å². The van der Waals surface area contributed by atoms with Crippen LogP contribution >= 0.6 is 45.8 Å². The first-order valence-corrected chi connectivity index (χ1v) is 12.8. The molecule has 3 aromatic rings. The Morgan fingerprint density at radius 2 is 1.72 bits per heavy atom. The van der Waals surface area contributed by atoms with Crippen LogP contribution < -0.4 is 4.31 Å². The lowest BCUT2D eigenvalue weighted by molar-refractivity contribution is 0.0696. The number of hydrogen-bond acceptors (Lipinski definition) is 4. The van der Waals surface area contributed by atoms with Gasteiger partial charge >= 0.3 is 5.97 Å². The smallest absolute Gasteiger partial charge is 0.336 e. The predicted octanol–water partition coefficient (Wildman–Crippen LogP) is 5.89. The molecule has 0 aliphatic carbocycles. The largest absolute Gasteiger partial charge is 0.478 e. The first kappa shape index (κ1) is 24.3. The van der Waals surface area contributed by atoms with E-state index in [1.54, 1.807) is 24.3 Å². The lowest BCUT2D eigenvalue weighted by atomic mass is 10.1. The summed E-state index contributed by atoms with van der Waals surface area (Å²) in [7, 11) is -4.21. The van der Waals surface area contributed by atoms with Crippen LogP contribution in [0.15, 0.2) is 65.6 Å². The highest BCUT2D eigenvalue weighted by atomic mass is 127. The molecule has 0 fully saturated rings. The molecule has 0 unspecified atom stereocenters. The van der Waals surface area contributed by atoms with Crippen LogP contribution in [0.3, 0.4) is 0 Å². The van der Waals surface area contributed by atoms with Crippen LogP contribution in [-0.2, 0) is 21.0 Å². The third-order valence-electron chi connectivity index (χ3n) is 4.67. The molecule has 0 aliphatic heterocycles. The van der Waals surface area contributed by atoms with Gasteiger partial charge in [0.1, 0.15) is 0 Å². The summed E-state index contributed by atoms with van der Waals surface area (Å²) in [6.45, 7) is -0.236. The quantitative estimate of drug-likeness (QED) is 0.269. The monoisotopic (exact) mass is 600 g/mol. The number of carbonyl (C=O) groups is 1. The molecule has 0 aliphatic rings. The normalized spacial score (nSPS) is 11.1. The summed E-state index contributed by atoms with van der Waals surface area (Å²) in [6.07, 6.45) is 0. The summed E-state index contributed by atoms with van der Waals surface area (Å²) < 4.78 is 28.8. The minimum atomic E-state index is -4.21. The Hall–Kier alpha value is -2.32. The summed E-state index contributed by atoms with van der Waals surface area (Å²) in [5.41, 5.74) is 1.22.